The summed E-state index contributed by atoms with van der Waals surface area (Å²) in [5.41, 5.74) is 2.66. The molecule has 0 spiro atoms. The lowest BCUT2D eigenvalue weighted by atomic mass is 9.96. The van der Waals surface area contributed by atoms with Gasteiger partial charge in [0.05, 0.1) is 5.75 Å². The number of guanidine groups is 1. The summed E-state index contributed by atoms with van der Waals surface area (Å²) in [6.45, 7) is 1.05. The van der Waals surface area contributed by atoms with Gasteiger partial charge in [-0.2, -0.15) is 0 Å². The van der Waals surface area contributed by atoms with Gasteiger partial charge in [0.25, 0.3) is 0 Å². The second-order valence-corrected chi connectivity index (χ2v) is 9.55. The number of nitrogens with zero attached hydrogens (tertiary/aromatic N) is 1. The highest BCUT2D eigenvalue weighted by atomic mass is 32.2. The number of halogens is 1. The van der Waals surface area contributed by atoms with Gasteiger partial charge >= 0.3 is 0 Å². The lowest BCUT2D eigenvalue weighted by Gasteiger charge is -2.19. The molecule has 28 heavy (non-hydrogen) atoms. The third-order valence-corrected chi connectivity index (χ3v) is 5.93. The van der Waals surface area contributed by atoms with E-state index in [9.17, 15) is 12.8 Å². The summed E-state index contributed by atoms with van der Waals surface area (Å²) in [6.07, 6.45) is 3.43. The molecule has 0 aliphatic heterocycles. The molecule has 1 aliphatic carbocycles. The number of rotatable bonds is 7. The maximum absolute atomic E-state index is 13.7. The fourth-order valence-corrected chi connectivity index (χ4v) is 4.19. The van der Waals surface area contributed by atoms with E-state index in [-0.39, 0.29) is 11.2 Å². The lowest BCUT2D eigenvalue weighted by molar-refractivity contribution is 0.599. The van der Waals surface area contributed by atoms with E-state index >= 15 is 0 Å². The highest BCUT2D eigenvalue weighted by Crippen LogP contribution is 2.47. The molecule has 0 bridgehead atoms. The largest absolute Gasteiger partial charge is 0.356 e. The molecule has 0 atom stereocenters. The molecule has 2 N–H and O–H groups in total. The molecule has 0 saturated heterocycles. The molecule has 0 radical (unpaired) electrons. The van der Waals surface area contributed by atoms with Gasteiger partial charge in [-0.25, -0.2) is 12.8 Å². The average Bonchev–Trinajstić information content (AvgIpc) is 3.45. The van der Waals surface area contributed by atoms with Crippen molar-refractivity contribution in [3.63, 3.8) is 0 Å². The van der Waals surface area contributed by atoms with Gasteiger partial charge in [0.2, 0.25) is 0 Å². The second-order valence-electron chi connectivity index (χ2n) is 7.41. The Hall–Kier alpha value is -2.41. The molecule has 0 heterocycles. The summed E-state index contributed by atoms with van der Waals surface area (Å²) in [5.74, 6) is 0.0998. The van der Waals surface area contributed by atoms with Gasteiger partial charge in [0.15, 0.2) is 15.8 Å². The van der Waals surface area contributed by atoms with E-state index in [1.54, 1.807) is 7.05 Å². The van der Waals surface area contributed by atoms with Crippen LogP contribution < -0.4 is 10.6 Å². The first-order chi connectivity index (χ1) is 13.3. The standard InChI is InChI=1S/C21H26FN3O2S/c1-23-20(25-15-21(10-11-21)18-6-4-3-5-7-18)24-13-17-12-19(22)9-8-16(17)14-28(2,26)27/h3-9,12H,10-11,13-15H2,1-2H3,(H2,23,24,25). The fraction of sp³-hybridized carbons (Fsp3) is 0.381. The Morgan fingerprint density at radius 3 is 2.43 bits per heavy atom. The number of aliphatic imine (C=N–C) groups is 1. The van der Waals surface area contributed by atoms with Crippen LogP contribution >= 0.6 is 0 Å². The van der Waals surface area contributed by atoms with E-state index < -0.39 is 15.7 Å². The normalized spacial score (nSPS) is 15.9. The van der Waals surface area contributed by atoms with Crippen LogP contribution in [0.1, 0.15) is 29.5 Å². The number of hydrogen-bond donors (Lipinski definition) is 2. The SMILES string of the molecule is CN=C(NCc1cc(F)ccc1CS(C)(=O)=O)NCC1(c2ccccc2)CC1. The highest BCUT2D eigenvalue weighted by molar-refractivity contribution is 7.89. The lowest BCUT2D eigenvalue weighted by Crippen LogP contribution is -2.41. The van der Waals surface area contributed by atoms with E-state index in [0.717, 1.165) is 19.4 Å². The zero-order chi connectivity index (χ0) is 20.2. The fourth-order valence-electron chi connectivity index (χ4n) is 3.34. The van der Waals surface area contributed by atoms with Gasteiger partial charge in [-0.15, -0.1) is 0 Å². The maximum Gasteiger partial charge on any atom is 0.191 e. The van der Waals surface area contributed by atoms with Gasteiger partial charge in [0, 0.05) is 31.8 Å². The third kappa shape index (κ3) is 5.32. The Morgan fingerprint density at radius 2 is 1.82 bits per heavy atom. The van der Waals surface area contributed by atoms with Crippen molar-refractivity contribution in [2.75, 3.05) is 19.8 Å². The molecule has 1 saturated carbocycles. The van der Waals surface area contributed by atoms with Crippen LogP contribution in [0.25, 0.3) is 0 Å². The number of sulfone groups is 1. The van der Waals surface area contributed by atoms with Crippen LogP contribution in [0.3, 0.4) is 0 Å². The molecule has 5 nitrogen and oxygen atoms in total. The summed E-state index contributed by atoms with van der Waals surface area (Å²) in [7, 11) is -1.52. The van der Waals surface area contributed by atoms with Crippen LogP contribution in [-0.4, -0.2) is 34.2 Å². The molecular formula is C21H26FN3O2S. The minimum atomic E-state index is -3.20. The van der Waals surface area contributed by atoms with Crippen molar-refractivity contribution < 1.29 is 12.8 Å². The van der Waals surface area contributed by atoms with Crippen LogP contribution in [0, 0.1) is 5.82 Å². The van der Waals surface area contributed by atoms with Crippen LogP contribution in [0.15, 0.2) is 53.5 Å². The smallest absolute Gasteiger partial charge is 0.191 e. The third-order valence-electron chi connectivity index (χ3n) is 5.09. The summed E-state index contributed by atoms with van der Waals surface area (Å²) in [6, 6.07) is 14.6. The first kappa shape index (κ1) is 20.3. The van der Waals surface area contributed by atoms with E-state index in [2.05, 4.69) is 39.9 Å². The van der Waals surface area contributed by atoms with Crippen molar-refractivity contribution in [2.45, 2.75) is 30.6 Å². The minimum absolute atomic E-state index is 0.118. The highest BCUT2D eigenvalue weighted by Gasteiger charge is 2.43. The van der Waals surface area contributed by atoms with Gasteiger partial charge in [-0.05, 0) is 41.7 Å². The first-order valence-electron chi connectivity index (χ1n) is 9.26. The average molecular weight is 404 g/mol. The van der Waals surface area contributed by atoms with Crippen molar-refractivity contribution in [2.24, 2.45) is 4.99 Å². The predicted octanol–water partition coefficient (Wildman–Crippen LogP) is 2.77. The van der Waals surface area contributed by atoms with Gasteiger partial charge < -0.3 is 10.6 Å². The Morgan fingerprint density at radius 1 is 1.11 bits per heavy atom. The van der Waals surface area contributed by atoms with Crippen LogP contribution in [0.2, 0.25) is 0 Å². The summed E-state index contributed by atoms with van der Waals surface area (Å²) >= 11 is 0. The van der Waals surface area contributed by atoms with Crippen molar-refractivity contribution in [1.29, 1.82) is 0 Å². The zero-order valence-electron chi connectivity index (χ0n) is 16.2. The molecule has 0 aromatic heterocycles. The Kier molecular flexibility index (Phi) is 6.03. The van der Waals surface area contributed by atoms with E-state index in [1.165, 1.54) is 30.0 Å². The molecule has 2 aromatic rings. The van der Waals surface area contributed by atoms with Crippen molar-refractivity contribution in [3.8, 4) is 0 Å². The molecule has 0 unspecified atom stereocenters. The molecule has 0 amide bonds. The van der Waals surface area contributed by atoms with Gasteiger partial charge in [-0.1, -0.05) is 36.4 Å². The van der Waals surface area contributed by atoms with Crippen molar-refractivity contribution in [3.05, 3.63) is 71.0 Å². The quantitative estimate of drug-likeness (QED) is 0.551. The zero-order valence-corrected chi connectivity index (χ0v) is 17.0. The summed E-state index contributed by atoms with van der Waals surface area (Å²) < 4.78 is 36.9. The molecule has 3 rings (SSSR count). The molecule has 2 aromatic carbocycles. The van der Waals surface area contributed by atoms with E-state index in [0.29, 0.717) is 23.6 Å². The molecule has 1 fully saturated rings. The van der Waals surface area contributed by atoms with Crippen LogP contribution in [0.5, 0.6) is 0 Å². The molecule has 150 valence electrons. The monoisotopic (exact) mass is 403 g/mol. The summed E-state index contributed by atoms with van der Waals surface area (Å²) in [4.78, 5) is 4.24. The van der Waals surface area contributed by atoms with E-state index in [4.69, 9.17) is 0 Å². The minimum Gasteiger partial charge on any atom is -0.356 e. The number of nitrogens with one attached hydrogen (secondary N) is 2. The van der Waals surface area contributed by atoms with Crippen molar-refractivity contribution >= 4 is 15.8 Å². The number of benzene rings is 2. The molecule has 7 heteroatoms. The van der Waals surface area contributed by atoms with Gasteiger partial charge in [0.1, 0.15) is 5.82 Å². The second kappa shape index (κ2) is 8.31. The van der Waals surface area contributed by atoms with Crippen molar-refractivity contribution in [1.82, 2.24) is 10.6 Å². The topological polar surface area (TPSA) is 70.6 Å². The molecular weight excluding hydrogens is 377 g/mol. The number of hydrogen-bond acceptors (Lipinski definition) is 3. The van der Waals surface area contributed by atoms with Crippen LogP contribution in [0.4, 0.5) is 4.39 Å². The maximum atomic E-state index is 13.7. The Balaban J connectivity index is 1.63. The molecule has 1 aliphatic rings. The first-order valence-corrected chi connectivity index (χ1v) is 11.3. The predicted molar refractivity (Wildman–Crippen MR) is 111 cm³/mol. The Labute approximate surface area is 166 Å². The van der Waals surface area contributed by atoms with E-state index in [1.807, 2.05) is 6.07 Å². The van der Waals surface area contributed by atoms with Gasteiger partial charge in [-0.3, -0.25) is 4.99 Å². The summed E-state index contributed by atoms with van der Waals surface area (Å²) in [5, 5.41) is 6.52. The van der Waals surface area contributed by atoms with Crippen LogP contribution in [-0.2, 0) is 27.5 Å². The Bertz CT molecular complexity index is 955.